The van der Waals surface area contributed by atoms with Crippen molar-refractivity contribution in [3.8, 4) is 0 Å². The number of sulfonamides is 1. The molecular formula is C16H24F3N3O3S. The van der Waals surface area contributed by atoms with E-state index in [4.69, 9.17) is 5.73 Å². The molecule has 0 bridgehead atoms. The fourth-order valence-electron chi connectivity index (χ4n) is 2.40. The first kappa shape index (κ1) is 22.4. The summed E-state index contributed by atoms with van der Waals surface area (Å²) in [6, 6.07) is 2.58. The maximum absolute atomic E-state index is 13.0. The smallest absolute Gasteiger partial charge is 0.344 e. The zero-order valence-electron chi connectivity index (χ0n) is 15.1. The minimum atomic E-state index is -4.83. The maximum Gasteiger partial charge on any atom is 0.417 e. The van der Waals surface area contributed by atoms with E-state index in [9.17, 15) is 26.4 Å². The topological polar surface area (TPSA) is 92.5 Å². The lowest BCUT2D eigenvalue weighted by atomic mass is 9.93. The number of nitrogens with zero attached hydrogens (tertiary/aromatic N) is 1. The molecule has 10 heteroatoms. The van der Waals surface area contributed by atoms with Gasteiger partial charge in [0.15, 0.2) is 0 Å². The number of hydrogen-bond acceptors (Lipinski definition) is 4. The predicted molar refractivity (Wildman–Crippen MR) is 91.7 cm³/mol. The zero-order valence-corrected chi connectivity index (χ0v) is 15.9. The number of amides is 1. The van der Waals surface area contributed by atoms with Crippen molar-refractivity contribution in [2.45, 2.75) is 37.9 Å². The van der Waals surface area contributed by atoms with E-state index >= 15 is 0 Å². The first-order valence-corrected chi connectivity index (χ1v) is 9.33. The number of benzene rings is 1. The number of halogens is 3. The summed E-state index contributed by atoms with van der Waals surface area (Å²) < 4.78 is 65.9. The van der Waals surface area contributed by atoms with E-state index in [-0.39, 0.29) is 12.0 Å². The number of rotatable bonds is 7. The minimum Gasteiger partial charge on any atom is -0.344 e. The van der Waals surface area contributed by atoms with Crippen molar-refractivity contribution in [1.82, 2.24) is 9.62 Å². The Morgan fingerprint density at radius 3 is 2.31 bits per heavy atom. The molecule has 0 heterocycles. The SMILES string of the molecule is CC(NS(=O)(=O)c1ccccc1C(F)(F)F)C(=O)N(C)CC(C)(C)CN. The largest absolute Gasteiger partial charge is 0.417 e. The van der Waals surface area contributed by atoms with Crippen LogP contribution in [-0.4, -0.2) is 45.4 Å². The third-order valence-corrected chi connectivity index (χ3v) is 5.38. The summed E-state index contributed by atoms with van der Waals surface area (Å²) >= 11 is 0. The molecular weight excluding hydrogens is 371 g/mol. The van der Waals surface area contributed by atoms with Gasteiger partial charge in [-0.25, -0.2) is 8.42 Å². The predicted octanol–water partition coefficient (Wildman–Crippen LogP) is 1.82. The molecule has 0 fully saturated rings. The lowest BCUT2D eigenvalue weighted by Crippen LogP contribution is -2.48. The van der Waals surface area contributed by atoms with Gasteiger partial charge in [-0.1, -0.05) is 26.0 Å². The molecule has 1 atom stereocenters. The zero-order chi connectivity index (χ0) is 20.3. The molecule has 0 saturated carbocycles. The molecule has 1 amide bonds. The Morgan fingerprint density at radius 1 is 1.27 bits per heavy atom. The quantitative estimate of drug-likeness (QED) is 0.737. The number of nitrogens with one attached hydrogen (secondary N) is 1. The Hall–Kier alpha value is -1.65. The van der Waals surface area contributed by atoms with Crippen LogP contribution >= 0.6 is 0 Å². The van der Waals surface area contributed by atoms with Gasteiger partial charge in [-0.2, -0.15) is 17.9 Å². The van der Waals surface area contributed by atoms with Gasteiger partial charge in [0.1, 0.15) is 0 Å². The standard InChI is InChI=1S/C16H24F3N3O3S/c1-11(14(23)22(4)10-15(2,3)9-20)21-26(24,25)13-8-6-5-7-12(13)16(17,18)19/h5-8,11,21H,9-10,20H2,1-4H3. The monoisotopic (exact) mass is 395 g/mol. The summed E-state index contributed by atoms with van der Waals surface area (Å²) in [5.74, 6) is -0.570. The number of carbonyl (C=O) groups is 1. The van der Waals surface area contributed by atoms with Gasteiger partial charge >= 0.3 is 6.18 Å². The number of alkyl halides is 3. The first-order valence-electron chi connectivity index (χ1n) is 7.85. The molecule has 1 aromatic rings. The molecule has 0 aliphatic carbocycles. The third kappa shape index (κ3) is 5.68. The van der Waals surface area contributed by atoms with Crippen molar-refractivity contribution in [2.24, 2.45) is 11.1 Å². The van der Waals surface area contributed by atoms with Gasteiger partial charge in [-0.05, 0) is 31.0 Å². The fourth-order valence-corrected chi connectivity index (χ4v) is 3.82. The van der Waals surface area contributed by atoms with E-state index in [1.54, 1.807) is 0 Å². The van der Waals surface area contributed by atoms with Crippen LogP contribution in [0.3, 0.4) is 0 Å². The van der Waals surface area contributed by atoms with Crippen molar-refractivity contribution >= 4 is 15.9 Å². The highest BCUT2D eigenvalue weighted by Crippen LogP contribution is 2.33. The summed E-state index contributed by atoms with van der Waals surface area (Å²) in [6.45, 7) is 5.54. The number of hydrogen-bond donors (Lipinski definition) is 2. The lowest BCUT2D eigenvalue weighted by Gasteiger charge is -2.30. The fraction of sp³-hybridized carbons (Fsp3) is 0.562. The second-order valence-electron chi connectivity index (χ2n) is 6.90. The third-order valence-electron chi connectivity index (χ3n) is 3.78. The Morgan fingerprint density at radius 2 is 1.81 bits per heavy atom. The normalized spacial score (nSPS) is 14.2. The molecule has 6 nitrogen and oxygen atoms in total. The van der Waals surface area contributed by atoms with Gasteiger partial charge in [0.05, 0.1) is 16.5 Å². The van der Waals surface area contributed by atoms with Crippen LogP contribution in [0.5, 0.6) is 0 Å². The van der Waals surface area contributed by atoms with Gasteiger partial charge in [-0.3, -0.25) is 4.79 Å². The molecule has 3 N–H and O–H groups in total. The Kier molecular flexibility index (Phi) is 6.83. The second kappa shape index (κ2) is 7.93. The first-order chi connectivity index (χ1) is 11.7. The van der Waals surface area contributed by atoms with E-state index in [0.717, 1.165) is 12.1 Å². The Balaban J connectivity index is 3.02. The van der Waals surface area contributed by atoms with E-state index in [1.807, 2.05) is 18.6 Å². The summed E-state index contributed by atoms with van der Waals surface area (Å²) in [5.41, 5.74) is 3.94. The van der Waals surface area contributed by atoms with Gasteiger partial charge in [0.2, 0.25) is 15.9 Å². The molecule has 1 aromatic carbocycles. The average molecular weight is 395 g/mol. The average Bonchev–Trinajstić information content (AvgIpc) is 2.52. The van der Waals surface area contributed by atoms with Gasteiger partial charge in [0.25, 0.3) is 0 Å². The summed E-state index contributed by atoms with van der Waals surface area (Å²) in [5, 5.41) is 0. The number of nitrogens with two attached hydrogens (primary N) is 1. The van der Waals surface area contributed by atoms with E-state index in [1.165, 1.54) is 24.9 Å². The Bertz CT molecular complexity index is 749. The van der Waals surface area contributed by atoms with Crippen molar-refractivity contribution in [1.29, 1.82) is 0 Å². The van der Waals surface area contributed by atoms with Crippen LogP contribution in [0.1, 0.15) is 26.3 Å². The molecule has 26 heavy (non-hydrogen) atoms. The Labute approximate surface area is 151 Å². The van der Waals surface area contributed by atoms with Crippen LogP contribution in [0.15, 0.2) is 29.2 Å². The maximum atomic E-state index is 13.0. The molecule has 0 spiro atoms. The molecule has 148 valence electrons. The van der Waals surface area contributed by atoms with Crippen LogP contribution in [0.2, 0.25) is 0 Å². The van der Waals surface area contributed by atoms with Crippen LogP contribution in [-0.2, 0) is 21.0 Å². The van der Waals surface area contributed by atoms with Crippen molar-refractivity contribution < 1.29 is 26.4 Å². The number of carbonyl (C=O) groups excluding carboxylic acids is 1. The van der Waals surface area contributed by atoms with Crippen molar-refractivity contribution in [3.63, 3.8) is 0 Å². The molecule has 1 rings (SSSR count). The van der Waals surface area contributed by atoms with Crippen molar-refractivity contribution in [2.75, 3.05) is 20.1 Å². The lowest BCUT2D eigenvalue weighted by molar-refractivity contribution is -0.139. The summed E-state index contributed by atoms with van der Waals surface area (Å²) in [4.78, 5) is 12.7. The molecule has 0 aliphatic heterocycles. The van der Waals surface area contributed by atoms with Crippen LogP contribution in [0.25, 0.3) is 0 Å². The molecule has 0 aliphatic rings. The highest BCUT2D eigenvalue weighted by molar-refractivity contribution is 7.89. The molecule has 0 saturated heterocycles. The highest BCUT2D eigenvalue weighted by atomic mass is 32.2. The second-order valence-corrected chi connectivity index (χ2v) is 8.58. The highest BCUT2D eigenvalue weighted by Gasteiger charge is 2.38. The van der Waals surface area contributed by atoms with Gasteiger partial charge < -0.3 is 10.6 Å². The van der Waals surface area contributed by atoms with E-state index < -0.39 is 38.6 Å². The van der Waals surface area contributed by atoms with Crippen LogP contribution in [0.4, 0.5) is 13.2 Å². The summed E-state index contributed by atoms with van der Waals surface area (Å²) in [7, 11) is -3.06. The molecule has 0 radical (unpaired) electrons. The minimum absolute atomic E-state index is 0.271. The summed E-state index contributed by atoms with van der Waals surface area (Å²) in [6.07, 6.45) is -4.83. The van der Waals surface area contributed by atoms with Crippen LogP contribution < -0.4 is 10.5 Å². The van der Waals surface area contributed by atoms with E-state index in [2.05, 4.69) is 0 Å². The number of likely N-dealkylation sites (N-methyl/N-ethyl adjacent to an activating group) is 1. The van der Waals surface area contributed by atoms with E-state index in [0.29, 0.717) is 12.6 Å². The molecule has 1 unspecified atom stereocenters. The van der Waals surface area contributed by atoms with Crippen LogP contribution in [0, 0.1) is 5.41 Å². The van der Waals surface area contributed by atoms with Crippen molar-refractivity contribution in [3.05, 3.63) is 29.8 Å². The molecule has 0 aromatic heterocycles. The van der Waals surface area contributed by atoms with Gasteiger partial charge in [0, 0.05) is 13.6 Å². The van der Waals surface area contributed by atoms with Gasteiger partial charge in [-0.15, -0.1) is 0 Å².